The molecule has 0 unspecified atom stereocenters. The van der Waals surface area contributed by atoms with E-state index in [-0.39, 0.29) is 0 Å². The minimum absolute atomic E-state index is 0.572. The molecule has 0 saturated heterocycles. The zero-order valence-corrected chi connectivity index (χ0v) is 10.2. The molecule has 0 aliphatic heterocycles. The molecular weight excluding hydrogens is 196 g/mol. The molecule has 1 fully saturated rings. The Morgan fingerprint density at radius 3 is 2.31 bits per heavy atom. The van der Waals surface area contributed by atoms with Crippen LogP contribution in [0.2, 0.25) is 0 Å². The smallest absolute Gasteiger partial charge is 0.0653 e. The van der Waals surface area contributed by atoms with Crippen molar-refractivity contribution in [1.82, 2.24) is 0 Å². The fourth-order valence-electron chi connectivity index (χ4n) is 2.54. The van der Waals surface area contributed by atoms with E-state index in [1.807, 2.05) is 7.05 Å². The molecular formula is C14H22N2. The Kier molecular flexibility index (Phi) is 3.83. The highest BCUT2D eigenvalue weighted by Gasteiger charge is 2.15. The van der Waals surface area contributed by atoms with Crippen LogP contribution >= 0.6 is 0 Å². The zero-order valence-electron chi connectivity index (χ0n) is 10.2. The summed E-state index contributed by atoms with van der Waals surface area (Å²) in [5, 5.41) is 0. The largest absolute Gasteiger partial charge is 0.362 e. The Bertz CT molecular complexity index is 312. The van der Waals surface area contributed by atoms with E-state index in [1.54, 1.807) is 0 Å². The maximum absolute atomic E-state index is 5.61. The number of nitrogens with zero attached hydrogens (tertiary/aromatic N) is 1. The molecule has 0 aromatic heterocycles. The predicted octanol–water partition coefficient (Wildman–Crippen LogP) is 3.09. The quantitative estimate of drug-likeness (QED) is 0.790. The minimum atomic E-state index is 0.572. The summed E-state index contributed by atoms with van der Waals surface area (Å²) in [6, 6.07) is 8.93. The van der Waals surface area contributed by atoms with Crippen molar-refractivity contribution in [1.29, 1.82) is 0 Å². The van der Waals surface area contributed by atoms with Crippen molar-refractivity contribution in [3.63, 3.8) is 0 Å². The molecule has 2 rings (SSSR count). The fraction of sp³-hybridized carbons (Fsp3) is 0.571. The van der Waals surface area contributed by atoms with E-state index in [9.17, 15) is 0 Å². The van der Waals surface area contributed by atoms with Crippen LogP contribution in [0.25, 0.3) is 0 Å². The molecule has 0 radical (unpaired) electrons. The highest BCUT2D eigenvalue weighted by Crippen LogP contribution is 2.33. The standard InChI is InChI=1S/C14H22N2/c1-16(11-15)14-9-7-13(8-10-14)12-5-3-2-4-6-12/h7-10,12H,2-6,11,15H2,1H3. The topological polar surface area (TPSA) is 29.3 Å². The average Bonchev–Trinajstić information content (AvgIpc) is 2.39. The van der Waals surface area contributed by atoms with Crippen LogP contribution in [-0.2, 0) is 0 Å². The van der Waals surface area contributed by atoms with Crippen molar-refractivity contribution in [2.24, 2.45) is 5.73 Å². The Balaban J connectivity index is 2.06. The van der Waals surface area contributed by atoms with E-state index in [4.69, 9.17) is 5.73 Å². The molecule has 2 nitrogen and oxygen atoms in total. The predicted molar refractivity (Wildman–Crippen MR) is 69.7 cm³/mol. The molecule has 1 aromatic carbocycles. The van der Waals surface area contributed by atoms with Crippen molar-refractivity contribution in [3.05, 3.63) is 29.8 Å². The van der Waals surface area contributed by atoms with Gasteiger partial charge in [0.2, 0.25) is 0 Å². The van der Waals surface area contributed by atoms with Gasteiger partial charge in [-0.2, -0.15) is 0 Å². The second kappa shape index (κ2) is 5.35. The Labute approximate surface area is 98.4 Å². The SMILES string of the molecule is CN(CN)c1ccc(C2CCCCC2)cc1. The summed E-state index contributed by atoms with van der Waals surface area (Å²) in [7, 11) is 2.02. The van der Waals surface area contributed by atoms with Crippen molar-refractivity contribution in [3.8, 4) is 0 Å². The van der Waals surface area contributed by atoms with Gasteiger partial charge in [-0.1, -0.05) is 31.4 Å². The van der Waals surface area contributed by atoms with Gasteiger partial charge in [0.05, 0.1) is 6.67 Å². The van der Waals surface area contributed by atoms with Gasteiger partial charge in [0.25, 0.3) is 0 Å². The number of hydrogen-bond donors (Lipinski definition) is 1. The van der Waals surface area contributed by atoms with E-state index < -0.39 is 0 Å². The molecule has 2 N–H and O–H groups in total. The van der Waals surface area contributed by atoms with Crippen LogP contribution in [0.15, 0.2) is 24.3 Å². The van der Waals surface area contributed by atoms with Crippen molar-refractivity contribution < 1.29 is 0 Å². The van der Waals surface area contributed by atoms with Crippen molar-refractivity contribution >= 4 is 5.69 Å². The number of rotatable bonds is 3. The zero-order chi connectivity index (χ0) is 11.4. The van der Waals surface area contributed by atoms with E-state index in [2.05, 4.69) is 29.2 Å². The van der Waals surface area contributed by atoms with Crippen LogP contribution < -0.4 is 10.6 Å². The summed E-state index contributed by atoms with van der Waals surface area (Å²) in [6.07, 6.45) is 6.95. The van der Waals surface area contributed by atoms with Gasteiger partial charge in [-0.05, 0) is 36.5 Å². The van der Waals surface area contributed by atoms with Crippen LogP contribution in [0.5, 0.6) is 0 Å². The lowest BCUT2D eigenvalue weighted by Gasteiger charge is -2.23. The molecule has 0 atom stereocenters. The highest BCUT2D eigenvalue weighted by atomic mass is 15.1. The first kappa shape index (κ1) is 11.5. The molecule has 1 aliphatic carbocycles. The molecule has 88 valence electrons. The molecule has 0 spiro atoms. The number of nitrogens with two attached hydrogens (primary N) is 1. The van der Waals surface area contributed by atoms with Crippen LogP contribution in [0.1, 0.15) is 43.6 Å². The summed E-state index contributed by atoms with van der Waals surface area (Å²) in [5.41, 5.74) is 8.33. The number of benzene rings is 1. The average molecular weight is 218 g/mol. The Morgan fingerprint density at radius 2 is 1.75 bits per heavy atom. The number of anilines is 1. The van der Waals surface area contributed by atoms with Crippen LogP contribution in [-0.4, -0.2) is 13.7 Å². The third-order valence-corrected chi connectivity index (χ3v) is 3.68. The first-order valence-electron chi connectivity index (χ1n) is 6.32. The molecule has 1 aliphatic rings. The molecule has 0 amide bonds. The van der Waals surface area contributed by atoms with Gasteiger partial charge in [0.15, 0.2) is 0 Å². The molecule has 0 bridgehead atoms. The normalized spacial score (nSPS) is 17.4. The van der Waals surface area contributed by atoms with Gasteiger partial charge in [-0.25, -0.2) is 0 Å². The van der Waals surface area contributed by atoms with Gasteiger partial charge in [-0.15, -0.1) is 0 Å². The van der Waals surface area contributed by atoms with Gasteiger partial charge in [0, 0.05) is 12.7 Å². The van der Waals surface area contributed by atoms with Crippen LogP contribution in [0, 0.1) is 0 Å². The lowest BCUT2D eigenvalue weighted by atomic mass is 9.84. The number of hydrogen-bond acceptors (Lipinski definition) is 2. The van der Waals surface area contributed by atoms with Crippen molar-refractivity contribution in [2.75, 3.05) is 18.6 Å². The minimum Gasteiger partial charge on any atom is -0.362 e. The second-order valence-electron chi connectivity index (χ2n) is 4.81. The maximum Gasteiger partial charge on any atom is 0.0653 e. The second-order valence-corrected chi connectivity index (χ2v) is 4.81. The van der Waals surface area contributed by atoms with E-state index >= 15 is 0 Å². The third kappa shape index (κ3) is 2.56. The Hall–Kier alpha value is -1.02. The first-order valence-corrected chi connectivity index (χ1v) is 6.32. The summed E-state index contributed by atoms with van der Waals surface area (Å²) < 4.78 is 0. The van der Waals surface area contributed by atoms with Crippen LogP contribution in [0.3, 0.4) is 0 Å². The maximum atomic E-state index is 5.61. The molecule has 0 heterocycles. The lowest BCUT2D eigenvalue weighted by Crippen LogP contribution is -2.24. The molecule has 1 aromatic rings. The first-order chi connectivity index (χ1) is 7.81. The summed E-state index contributed by atoms with van der Waals surface area (Å²) in [4.78, 5) is 2.06. The van der Waals surface area contributed by atoms with Crippen molar-refractivity contribution in [2.45, 2.75) is 38.0 Å². The van der Waals surface area contributed by atoms with Crippen LogP contribution in [0.4, 0.5) is 5.69 Å². The molecule has 1 saturated carbocycles. The van der Waals surface area contributed by atoms with Gasteiger partial charge >= 0.3 is 0 Å². The third-order valence-electron chi connectivity index (χ3n) is 3.68. The summed E-state index contributed by atoms with van der Waals surface area (Å²) >= 11 is 0. The summed E-state index contributed by atoms with van der Waals surface area (Å²) in [5.74, 6) is 0.797. The van der Waals surface area contributed by atoms with E-state index in [0.29, 0.717) is 6.67 Å². The fourth-order valence-corrected chi connectivity index (χ4v) is 2.54. The Morgan fingerprint density at radius 1 is 1.12 bits per heavy atom. The molecule has 16 heavy (non-hydrogen) atoms. The van der Waals surface area contributed by atoms with Gasteiger partial charge < -0.3 is 10.6 Å². The highest BCUT2D eigenvalue weighted by molar-refractivity contribution is 5.47. The van der Waals surface area contributed by atoms with Gasteiger partial charge in [-0.3, -0.25) is 0 Å². The van der Waals surface area contributed by atoms with E-state index in [0.717, 1.165) is 5.92 Å². The monoisotopic (exact) mass is 218 g/mol. The lowest BCUT2D eigenvalue weighted by molar-refractivity contribution is 0.443. The molecule has 2 heteroatoms. The van der Waals surface area contributed by atoms with E-state index in [1.165, 1.54) is 43.4 Å². The summed E-state index contributed by atoms with van der Waals surface area (Å²) in [6.45, 7) is 0.572. The van der Waals surface area contributed by atoms with Gasteiger partial charge in [0.1, 0.15) is 0 Å².